The minimum atomic E-state index is -0.260. The van der Waals surface area contributed by atoms with Gasteiger partial charge in [-0.05, 0) is 25.5 Å². The van der Waals surface area contributed by atoms with E-state index in [1.165, 1.54) is 0 Å². The molecule has 1 amide bonds. The summed E-state index contributed by atoms with van der Waals surface area (Å²) in [6.07, 6.45) is 0.400. The second kappa shape index (κ2) is 3.46. The first kappa shape index (κ1) is 9.83. The highest BCUT2D eigenvalue weighted by Gasteiger charge is 2.25. The number of nitrogens with one attached hydrogen (secondary N) is 1. The van der Waals surface area contributed by atoms with Crippen LogP contribution in [0.1, 0.15) is 18.1 Å². The highest BCUT2D eigenvalue weighted by atomic mass is 16.7. The lowest BCUT2D eigenvalue weighted by molar-refractivity contribution is -0.105. The van der Waals surface area contributed by atoms with Gasteiger partial charge in [0.15, 0.2) is 11.5 Å². The number of benzene rings is 1. The summed E-state index contributed by atoms with van der Waals surface area (Å²) in [7, 11) is 0. The molecule has 4 heteroatoms. The topological polar surface area (TPSA) is 47.6 Å². The highest BCUT2D eigenvalue weighted by molar-refractivity contribution is 5.77. The zero-order valence-corrected chi connectivity index (χ0v) is 8.96. The summed E-state index contributed by atoms with van der Waals surface area (Å²) in [5, 5.41) is 2.65. The van der Waals surface area contributed by atoms with Crippen LogP contribution >= 0.6 is 0 Å². The predicted molar refractivity (Wildman–Crippen MR) is 56.3 cm³/mol. The number of fused-ring (bicyclic) bond motifs is 1. The monoisotopic (exact) mass is 207 g/mol. The van der Waals surface area contributed by atoms with Gasteiger partial charge in [0.25, 0.3) is 0 Å². The lowest BCUT2D eigenvalue weighted by atomic mass is 10.1. The molecule has 1 atom stereocenters. The van der Waals surface area contributed by atoms with E-state index in [1.54, 1.807) is 0 Å². The first-order valence-corrected chi connectivity index (χ1v) is 4.81. The van der Waals surface area contributed by atoms with Gasteiger partial charge in [0.2, 0.25) is 12.7 Å². The zero-order valence-electron chi connectivity index (χ0n) is 8.96. The standard InChI is InChI=1S/C11H13NO3/c1-6-4-9(12-5-13)7(2)11-10(6)14-8(3)15-11/h4-5,8H,1-3H3,(H,12,13). The van der Waals surface area contributed by atoms with Gasteiger partial charge >= 0.3 is 0 Å². The SMILES string of the molecule is Cc1cc(NC=O)c(C)c2c1OC(C)O2. The third-order valence-electron chi connectivity index (χ3n) is 2.45. The molecule has 0 aliphatic carbocycles. The number of carbonyl (C=O) groups excluding carboxylic acids is 1. The van der Waals surface area contributed by atoms with E-state index in [0.29, 0.717) is 6.41 Å². The maximum Gasteiger partial charge on any atom is 0.238 e. The molecule has 0 spiro atoms. The van der Waals surface area contributed by atoms with E-state index < -0.39 is 0 Å². The molecule has 1 aliphatic heterocycles. The van der Waals surface area contributed by atoms with Crippen LogP contribution in [-0.4, -0.2) is 12.7 Å². The summed E-state index contributed by atoms with van der Waals surface area (Å²) in [4.78, 5) is 10.4. The maximum atomic E-state index is 10.4. The summed E-state index contributed by atoms with van der Waals surface area (Å²) in [5.74, 6) is 1.50. The second-order valence-corrected chi connectivity index (χ2v) is 3.59. The minimum absolute atomic E-state index is 0.260. The maximum absolute atomic E-state index is 10.4. The first-order chi connectivity index (χ1) is 7.13. The molecule has 15 heavy (non-hydrogen) atoms. The number of ether oxygens (including phenoxy) is 2. The van der Waals surface area contributed by atoms with E-state index in [9.17, 15) is 4.79 Å². The molecule has 0 radical (unpaired) electrons. The fraction of sp³-hybridized carbons (Fsp3) is 0.364. The van der Waals surface area contributed by atoms with Crippen molar-refractivity contribution in [1.29, 1.82) is 0 Å². The van der Waals surface area contributed by atoms with Crippen molar-refractivity contribution in [2.45, 2.75) is 27.1 Å². The van der Waals surface area contributed by atoms with E-state index in [1.807, 2.05) is 26.8 Å². The van der Waals surface area contributed by atoms with Crippen molar-refractivity contribution in [2.75, 3.05) is 5.32 Å². The predicted octanol–water partition coefficient (Wildman–Crippen LogP) is 1.99. The average molecular weight is 207 g/mol. The molecule has 0 bridgehead atoms. The molecule has 2 rings (SSSR count). The van der Waals surface area contributed by atoms with Crippen molar-refractivity contribution in [1.82, 2.24) is 0 Å². The molecule has 1 aliphatic rings. The Labute approximate surface area is 88.2 Å². The van der Waals surface area contributed by atoms with E-state index >= 15 is 0 Å². The Hall–Kier alpha value is -1.71. The molecule has 80 valence electrons. The molecular weight excluding hydrogens is 194 g/mol. The quantitative estimate of drug-likeness (QED) is 0.754. The molecule has 1 aromatic rings. The summed E-state index contributed by atoms with van der Waals surface area (Å²) >= 11 is 0. The van der Waals surface area contributed by atoms with Crippen LogP contribution in [0.2, 0.25) is 0 Å². The first-order valence-electron chi connectivity index (χ1n) is 4.81. The van der Waals surface area contributed by atoms with Crippen molar-refractivity contribution in [3.8, 4) is 11.5 Å². The van der Waals surface area contributed by atoms with Crippen LogP contribution in [0.5, 0.6) is 11.5 Å². The van der Waals surface area contributed by atoms with Crippen molar-refractivity contribution in [3.05, 3.63) is 17.2 Å². The van der Waals surface area contributed by atoms with Crippen molar-refractivity contribution < 1.29 is 14.3 Å². The normalized spacial score (nSPS) is 17.7. The number of carbonyl (C=O) groups is 1. The Morgan fingerprint density at radius 1 is 1.33 bits per heavy atom. The molecule has 4 nitrogen and oxygen atoms in total. The van der Waals surface area contributed by atoms with E-state index in [0.717, 1.165) is 28.3 Å². The van der Waals surface area contributed by atoms with Gasteiger partial charge in [0.1, 0.15) is 0 Å². The third kappa shape index (κ3) is 1.52. The number of anilines is 1. The van der Waals surface area contributed by atoms with Crippen LogP contribution in [0, 0.1) is 13.8 Å². The summed E-state index contributed by atoms with van der Waals surface area (Å²) in [5.41, 5.74) is 2.62. The molecule has 1 N–H and O–H groups in total. The van der Waals surface area contributed by atoms with Gasteiger partial charge in [-0.1, -0.05) is 0 Å². The molecular formula is C11H13NO3. The Morgan fingerprint density at radius 3 is 2.67 bits per heavy atom. The van der Waals surface area contributed by atoms with Crippen molar-refractivity contribution in [3.63, 3.8) is 0 Å². The Bertz CT molecular complexity index is 415. The lowest BCUT2D eigenvalue weighted by Crippen LogP contribution is -2.11. The third-order valence-corrected chi connectivity index (χ3v) is 2.45. The molecule has 0 saturated heterocycles. The molecule has 0 fully saturated rings. The van der Waals surface area contributed by atoms with Crippen LogP contribution in [0.25, 0.3) is 0 Å². The zero-order chi connectivity index (χ0) is 11.0. The minimum Gasteiger partial charge on any atom is -0.451 e. The van der Waals surface area contributed by atoms with Crippen molar-refractivity contribution >= 4 is 12.1 Å². The molecule has 0 aromatic heterocycles. The van der Waals surface area contributed by atoms with Gasteiger partial charge in [0.05, 0.1) is 0 Å². The number of aryl methyl sites for hydroxylation is 1. The highest BCUT2D eigenvalue weighted by Crippen LogP contribution is 2.43. The van der Waals surface area contributed by atoms with Crippen LogP contribution in [0.15, 0.2) is 6.07 Å². The lowest BCUT2D eigenvalue weighted by Gasteiger charge is -2.09. The summed E-state index contributed by atoms with van der Waals surface area (Å²) in [6, 6.07) is 1.88. The van der Waals surface area contributed by atoms with Gasteiger partial charge in [0, 0.05) is 18.2 Å². The smallest absolute Gasteiger partial charge is 0.238 e. The fourth-order valence-electron chi connectivity index (χ4n) is 1.72. The van der Waals surface area contributed by atoms with E-state index in [4.69, 9.17) is 9.47 Å². The van der Waals surface area contributed by atoms with Gasteiger partial charge in [-0.15, -0.1) is 0 Å². The van der Waals surface area contributed by atoms with Crippen molar-refractivity contribution in [2.24, 2.45) is 0 Å². The number of rotatable bonds is 2. The van der Waals surface area contributed by atoms with Gasteiger partial charge < -0.3 is 14.8 Å². The van der Waals surface area contributed by atoms with Gasteiger partial charge in [-0.2, -0.15) is 0 Å². The van der Waals surface area contributed by atoms with Gasteiger partial charge in [-0.3, -0.25) is 4.79 Å². The van der Waals surface area contributed by atoms with Crippen LogP contribution in [0.4, 0.5) is 5.69 Å². The van der Waals surface area contributed by atoms with Crippen LogP contribution in [0.3, 0.4) is 0 Å². The molecule has 1 heterocycles. The van der Waals surface area contributed by atoms with Gasteiger partial charge in [-0.25, -0.2) is 0 Å². The Morgan fingerprint density at radius 2 is 2.00 bits per heavy atom. The number of hydrogen-bond acceptors (Lipinski definition) is 3. The molecule has 0 saturated carbocycles. The molecule has 1 unspecified atom stereocenters. The second-order valence-electron chi connectivity index (χ2n) is 3.59. The summed E-state index contributed by atoms with van der Waals surface area (Å²) in [6.45, 7) is 5.66. The van der Waals surface area contributed by atoms with E-state index in [2.05, 4.69) is 5.32 Å². The molecule has 1 aromatic carbocycles. The average Bonchev–Trinajstić information content (AvgIpc) is 2.57. The largest absolute Gasteiger partial charge is 0.451 e. The van der Waals surface area contributed by atoms with E-state index in [-0.39, 0.29) is 6.29 Å². The number of amides is 1. The Kier molecular flexibility index (Phi) is 2.26. The van der Waals surface area contributed by atoms with Crippen LogP contribution in [-0.2, 0) is 4.79 Å². The van der Waals surface area contributed by atoms with Crippen LogP contribution < -0.4 is 14.8 Å². The summed E-state index contributed by atoms with van der Waals surface area (Å²) < 4.78 is 11.0. The number of hydrogen-bond donors (Lipinski definition) is 1. The Balaban J connectivity index is 2.53. The fourth-order valence-corrected chi connectivity index (χ4v) is 1.72.